The summed E-state index contributed by atoms with van der Waals surface area (Å²) < 4.78 is 24.3. The highest BCUT2D eigenvalue weighted by Gasteiger charge is 2.21. The number of aryl methyl sites for hydroxylation is 1. The summed E-state index contributed by atoms with van der Waals surface area (Å²) in [7, 11) is 0. The van der Waals surface area contributed by atoms with Crippen molar-refractivity contribution in [1.82, 2.24) is 29.3 Å². The highest BCUT2D eigenvalue weighted by Crippen LogP contribution is 2.29. The number of pyridine rings is 1. The van der Waals surface area contributed by atoms with E-state index in [9.17, 15) is 9.18 Å². The van der Waals surface area contributed by atoms with E-state index in [0.29, 0.717) is 30.4 Å². The van der Waals surface area contributed by atoms with Gasteiger partial charge in [0, 0.05) is 18.3 Å². The minimum Gasteiger partial charge on any atom is -0.493 e. The predicted molar refractivity (Wildman–Crippen MR) is 119 cm³/mol. The predicted octanol–water partition coefficient (Wildman–Crippen LogP) is 3.96. The molecule has 1 aliphatic heterocycles. The minimum atomic E-state index is -0.511. The van der Waals surface area contributed by atoms with E-state index in [0.717, 1.165) is 12.1 Å². The Morgan fingerprint density at radius 1 is 1.24 bits per heavy atom. The Morgan fingerprint density at radius 2 is 2.12 bits per heavy atom. The molecule has 4 aromatic rings. The lowest BCUT2D eigenvalue weighted by Gasteiger charge is -2.18. The summed E-state index contributed by atoms with van der Waals surface area (Å²) in [5, 5.41) is 11.1. The SMILES string of the molecule is Cc1cn(-c2cc3c(cc2F)OCCCC(C)n2cnnc2-c2cccc(n2)NC3=O)cn1. The van der Waals surface area contributed by atoms with Gasteiger partial charge < -0.3 is 19.2 Å². The fourth-order valence-electron chi connectivity index (χ4n) is 3.85. The van der Waals surface area contributed by atoms with Crippen LogP contribution in [0.4, 0.5) is 10.2 Å². The van der Waals surface area contributed by atoms with Gasteiger partial charge in [0.1, 0.15) is 23.6 Å². The minimum absolute atomic E-state index is 0.102. The Morgan fingerprint density at radius 3 is 2.94 bits per heavy atom. The molecule has 10 heteroatoms. The van der Waals surface area contributed by atoms with E-state index in [2.05, 4.69) is 32.4 Å². The molecule has 2 bridgehead atoms. The molecule has 1 unspecified atom stereocenters. The zero-order valence-corrected chi connectivity index (χ0v) is 18.2. The van der Waals surface area contributed by atoms with Gasteiger partial charge in [-0.25, -0.2) is 14.4 Å². The maximum Gasteiger partial charge on any atom is 0.260 e. The Hall–Kier alpha value is -4.08. The van der Waals surface area contributed by atoms with Gasteiger partial charge in [-0.15, -0.1) is 10.2 Å². The van der Waals surface area contributed by atoms with E-state index in [1.54, 1.807) is 24.7 Å². The molecule has 0 fully saturated rings. The van der Waals surface area contributed by atoms with Crippen molar-refractivity contribution in [3.8, 4) is 23.0 Å². The summed E-state index contributed by atoms with van der Waals surface area (Å²) in [5.41, 5.74) is 1.74. The van der Waals surface area contributed by atoms with Gasteiger partial charge in [-0.3, -0.25) is 4.79 Å². The molecule has 0 radical (unpaired) electrons. The molecular weight excluding hydrogens is 425 g/mol. The van der Waals surface area contributed by atoms with Crippen molar-refractivity contribution in [2.24, 2.45) is 0 Å². The molecule has 168 valence electrons. The van der Waals surface area contributed by atoms with Crippen LogP contribution in [0.25, 0.3) is 17.2 Å². The number of carbonyl (C=O) groups excluding carboxylic acids is 1. The van der Waals surface area contributed by atoms with Crippen LogP contribution < -0.4 is 10.1 Å². The third kappa shape index (κ3) is 4.07. The molecule has 4 heterocycles. The van der Waals surface area contributed by atoms with Crippen LogP contribution in [0.15, 0.2) is 49.2 Å². The van der Waals surface area contributed by atoms with E-state index in [-0.39, 0.29) is 23.0 Å². The molecule has 0 saturated carbocycles. The van der Waals surface area contributed by atoms with Crippen molar-refractivity contribution < 1.29 is 13.9 Å². The van der Waals surface area contributed by atoms with Crippen LogP contribution in [-0.2, 0) is 0 Å². The Bertz CT molecular complexity index is 1330. The van der Waals surface area contributed by atoms with Crippen molar-refractivity contribution in [3.63, 3.8) is 0 Å². The van der Waals surface area contributed by atoms with E-state index >= 15 is 0 Å². The first-order valence-corrected chi connectivity index (χ1v) is 10.6. The van der Waals surface area contributed by atoms with E-state index in [1.807, 2.05) is 17.6 Å². The Kier molecular flexibility index (Phi) is 5.33. The second kappa shape index (κ2) is 8.45. The lowest BCUT2D eigenvalue weighted by Crippen LogP contribution is -2.17. The van der Waals surface area contributed by atoms with Gasteiger partial charge in [0.2, 0.25) is 0 Å². The van der Waals surface area contributed by atoms with E-state index in [1.165, 1.54) is 23.0 Å². The van der Waals surface area contributed by atoms with Crippen LogP contribution in [0, 0.1) is 12.7 Å². The van der Waals surface area contributed by atoms with Crippen LogP contribution in [0.2, 0.25) is 0 Å². The number of nitrogens with zero attached hydrogens (tertiary/aromatic N) is 6. The number of amides is 1. The quantitative estimate of drug-likeness (QED) is 0.474. The zero-order chi connectivity index (χ0) is 22.9. The van der Waals surface area contributed by atoms with Crippen molar-refractivity contribution in [2.75, 3.05) is 11.9 Å². The van der Waals surface area contributed by atoms with Crippen molar-refractivity contribution >= 4 is 11.7 Å². The molecule has 3 aromatic heterocycles. The van der Waals surface area contributed by atoms with Gasteiger partial charge >= 0.3 is 0 Å². The monoisotopic (exact) mass is 447 g/mol. The number of benzene rings is 1. The number of rotatable bonds is 1. The molecule has 1 aromatic carbocycles. The topological polar surface area (TPSA) is 99.8 Å². The Labute approximate surface area is 189 Å². The molecule has 0 saturated heterocycles. The average Bonchev–Trinajstić information content (AvgIpc) is 3.45. The normalized spacial score (nSPS) is 16.2. The standard InChI is InChI=1S/C23H22FN7O2/c1-14-11-30(12-25-14)19-9-16-20(10-17(19)24)33-8-4-5-15(2)31-13-26-29-22(31)18-6-3-7-21(27-18)28-23(16)32/h3,6-7,9-13,15H,4-5,8H2,1-2H3,(H,27,28,32). The van der Waals surface area contributed by atoms with E-state index < -0.39 is 11.7 Å². The first-order chi connectivity index (χ1) is 16.0. The van der Waals surface area contributed by atoms with Gasteiger partial charge in [-0.2, -0.15) is 0 Å². The van der Waals surface area contributed by atoms with Gasteiger partial charge in [0.25, 0.3) is 5.91 Å². The summed E-state index contributed by atoms with van der Waals surface area (Å²) >= 11 is 0. The number of imidazole rings is 1. The lowest BCUT2D eigenvalue weighted by molar-refractivity contribution is 0.102. The molecular formula is C23H22FN7O2. The fourth-order valence-corrected chi connectivity index (χ4v) is 3.85. The molecule has 5 rings (SSSR count). The number of ether oxygens (including phenoxy) is 1. The van der Waals surface area contributed by atoms with Crippen LogP contribution >= 0.6 is 0 Å². The van der Waals surface area contributed by atoms with Crippen LogP contribution in [0.5, 0.6) is 5.75 Å². The zero-order valence-electron chi connectivity index (χ0n) is 18.2. The number of hydrogen-bond donors (Lipinski definition) is 1. The lowest BCUT2D eigenvalue weighted by atomic mass is 10.1. The maximum absolute atomic E-state index is 15.0. The average molecular weight is 447 g/mol. The number of anilines is 1. The molecule has 1 N–H and O–H groups in total. The van der Waals surface area contributed by atoms with Crippen LogP contribution in [-0.4, -0.2) is 41.8 Å². The summed E-state index contributed by atoms with van der Waals surface area (Å²) in [6, 6.07) is 8.11. The molecule has 1 aliphatic rings. The molecule has 1 amide bonds. The third-order valence-electron chi connectivity index (χ3n) is 5.58. The van der Waals surface area contributed by atoms with E-state index in [4.69, 9.17) is 4.74 Å². The first kappa shape index (κ1) is 20.8. The number of aromatic nitrogens is 6. The Balaban J connectivity index is 1.58. The number of halogens is 1. The summed E-state index contributed by atoms with van der Waals surface area (Å²) in [5.74, 6) is 0.169. The number of nitrogens with one attached hydrogen (secondary N) is 1. The number of hydrogen-bond acceptors (Lipinski definition) is 6. The molecule has 0 spiro atoms. The first-order valence-electron chi connectivity index (χ1n) is 10.6. The molecule has 33 heavy (non-hydrogen) atoms. The fraction of sp³-hybridized carbons (Fsp3) is 0.261. The van der Waals surface area contributed by atoms with Gasteiger partial charge in [-0.1, -0.05) is 6.07 Å². The molecule has 9 nitrogen and oxygen atoms in total. The third-order valence-corrected chi connectivity index (χ3v) is 5.58. The van der Waals surface area contributed by atoms with Gasteiger partial charge in [0.05, 0.1) is 29.9 Å². The van der Waals surface area contributed by atoms with Crippen molar-refractivity contribution in [1.29, 1.82) is 0 Å². The van der Waals surface area contributed by atoms with Crippen molar-refractivity contribution in [3.05, 3.63) is 66.3 Å². The second-order valence-electron chi connectivity index (χ2n) is 7.99. The molecule has 1 atom stereocenters. The second-order valence-corrected chi connectivity index (χ2v) is 7.99. The maximum atomic E-state index is 15.0. The van der Waals surface area contributed by atoms with Gasteiger partial charge in [-0.05, 0) is 44.9 Å². The largest absolute Gasteiger partial charge is 0.493 e. The summed E-state index contributed by atoms with van der Waals surface area (Å²) in [4.78, 5) is 21.9. The summed E-state index contributed by atoms with van der Waals surface area (Å²) in [6.07, 6.45) is 6.34. The number of carbonyl (C=O) groups is 1. The number of fused-ring (bicyclic) bond motifs is 5. The van der Waals surface area contributed by atoms with Crippen LogP contribution in [0.3, 0.4) is 0 Å². The van der Waals surface area contributed by atoms with Crippen molar-refractivity contribution in [2.45, 2.75) is 32.7 Å². The van der Waals surface area contributed by atoms with Gasteiger partial charge in [0.15, 0.2) is 11.6 Å². The highest BCUT2D eigenvalue weighted by atomic mass is 19.1. The molecule has 0 aliphatic carbocycles. The smallest absolute Gasteiger partial charge is 0.260 e. The van der Waals surface area contributed by atoms with Crippen LogP contribution in [0.1, 0.15) is 41.9 Å². The highest BCUT2D eigenvalue weighted by molar-refractivity contribution is 6.06. The summed E-state index contributed by atoms with van der Waals surface area (Å²) in [6.45, 7) is 4.20.